The zero-order chi connectivity index (χ0) is 11.7. The summed E-state index contributed by atoms with van der Waals surface area (Å²) < 4.78 is 20.9. The van der Waals surface area contributed by atoms with Gasteiger partial charge in [0, 0.05) is 12.5 Å². The average Bonchev–Trinajstić information content (AvgIpc) is 2.22. The Bertz CT molecular complexity index is 306. The average molecular weight is 251 g/mol. The highest BCUT2D eigenvalue weighted by Gasteiger charge is 2.47. The molecule has 0 amide bonds. The van der Waals surface area contributed by atoms with E-state index in [-0.39, 0.29) is 17.3 Å². The monoisotopic (exact) mass is 251 g/mol. The second-order valence-corrected chi connectivity index (χ2v) is 7.34. The number of hydrogen-bond acceptors (Lipinski definition) is 2. The summed E-state index contributed by atoms with van der Waals surface area (Å²) in [5.41, 5.74) is -0.342. The second-order valence-electron chi connectivity index (χ2n) is 4.68. The van der Waals surface area contributed by atoms with Crippen molar-refractivity contribution in [3.05, 3.63) is 0 Å². The molecule has 1 rings (SSSR count). The van der Waals surface area contributed by atoms with Crippen LogP contribution in [0.4, 0.5) is 0 Å². The Hall–Kier alpha value is -0.200. The molecule has 6 heteroatoms. The molecular formula is C9H19N2O2S2+. The Kier molecular flexibility index (Phi) is 3.73. The predicted octanol–water partition coefficient (Wildman–Crippen LogP) is 0.994. The van der Waals surface area contributed by atoms with Crippen molar-refractivity contribution in [2.24, 2.45) is 0 Å². The van der Waals surface area contributed by atoms with Gasteiger partial charge in [-0.3, -0.25) is 0 Å². The first-order chi connectivity index (χ1) is 6.72. The van der Waals surface area contributed by atoms with Gasteiger partial charge >= 0.3 is 0 Å². The van der Waals surface area contributed by atoms with Crippen molar-refractivity contribution in [1.82, 2.24) is 10.6 Å². The fourth-order valence-electron chi connectivity index (χ4n) is 1.70. The summed E-state index contributed by atoms with van der Waals surface area (Å²) in [6.45, 7) is 5.93. The van der Waals surface area contributed by atoms with Crippen LogP contribution >= 0.6 is 12.2 Å². The van der Waals surface area contributed by atoms with Crippen LogP contribution in [0.3, 0.4) is 0 Å². The molecule has 0 saturated carbocycles. The third kappa shape index (κ3) is 4.04. The van der Waals surface area contributed by atoms with Gasteiger partial charge in [-0.05, 0) is 33.0 Å². The predicted molar refractivity (Wildman–Crippen MR) is 67.4 cm³/mol. The van der Waals surface area contributed by atoms with E-state index in [0.29, 0.717) is 17.3 Å². The maximum atomic E-state index is 11.5. The molecule has 0 radical (unpaired) electrons. The molecule has 0 aromatic rings. The van der Waals surface area contributed by atoms with Gasteiger partial charge in [-0.15, -0.1) is 0 Å². The van der Waals surface area contributed by atoms with Gasteiger partial charge in [0.15, 0.2) is 10.9 Å². The minimum absolute atomic E-state index is 0.272. The summed E-state index contributed by atoms with van der Waals surface area (Å²) >= 11 is 5.12. The largest absolute Gasteiger partial charge is 0.361 e. The lowest BCUT2D eigenvalue weighted by Crippen LogP contribution is -2.52. The zero-order valence-electron chi connectivity index (χ0n) is 9.37. The minimum atomic E-state index is -2.63. The molecule has 2 atom stereocenters. The van der Waals surface area contributed by atoms with Gasteiger partial charge in [-0.1, -0.05) is 4.21 Å². The van der Waals surface area contributed by atoms with E-state index < -0.39 is 10.2 Å². The van der Waals surface area contributed by atoms with Crippen LogP contribution in [0.25, 0.3) is 0 Å². The summed E-state index contributed by atoms with van der Waals surface area (Å²) in [6.07, 6.45) is 0.683. The van der Waals surface area contributed by atoms with Crippen molar-refractivity contribution in [3.8, 4) is 0 Å². The molecule has 0 aliphatic carbocycles. The Balaban J connectivity index is 2.52. The maximum absolute atomic E-state index is 11.5. The molecule has 1 saturated heterocycles. The summed E-state index contributed by atoms with van der Waals surface area (Å²) in [5.74, 6) is 0.640. The van der Waals surface area contributed by atoms with Gasteiger partial charge in [0.25, 0.3) is 0 Å². The van der Waals surface area contributed by atoms with Crippen LogP contribution in [-0.4, -0.2) is 32.8 Å². The quantitative estimate of drug-likeness (QED) is 0.505. The van der Waals surface area contributed by atoms with Gasteiger partial charge in [0.2, 0.25) is 10.2 Å². The molecule has 1 fully saturated rings. The lowest BCUT2D eigenvalue weighted by molar-refractivity contribution is 0.459. The summed E-state index contributed by atoms with van der Waals surface area (Å²) in [7, 11) is -2.63. The first kappa shape index (κ1) is 12.9. The molecule has 15 heavy (non-hydrogen) atoms. The molecule has 88 valence electrons. The van der Waals surface area contributed by atoms with E-state index in [0.717, 1.165) is 0 Å². The van der Waals surface area contributed by atoms with Crippen LogP contribution in [0.1, 0.15) is 27.2 Å². The fraction of sp³-hybridized carbons (Fsp3) is 0.889. The number of rotatable bonds is 2. The lowest BCUT2D eigenvalue weighted by atomic mass is 10.0. The van der Waals surface area contributed by atoms with E-state index in [1.54, 1.807) is 0 Å². The topological polar surface area (TPSA) is 61.4 Å². The molecular weight excluding hydrogens is 232 g/mol. The zero-order valence-corrected chi connectivity index (χ0v) is 11.0. The minimum Gasteiger partial charge on any atom is -0.361 e. The number of nitrogens with one attached hydrogen (secondary N) is 2. The number of hydrogen-bond donors (Lipinski definition) is 3. The standard InChI is InChI=1S/C9H18N2O2S2/c1-7(2)10-8(14)11-9(3)4-5-15(12,13)6-9/h7H,4-6H2,1-3H3,(H2-,10,11,12,13,14)/p+1/t9-/m0/s1. The molecule has 4 nitrogen and oxygen atoms in total. The molecule has 1 heterocycles. The molecule has 0 bridgehead atoms. The van der Waals surface area contributed by atoms with Gasteiger partial charge < -0.3 is 10.6 Å². The van der Waals surface area contributed by atoms with Gasteiger partial charge in [0.05, 0.1) is 5.54 Å². The molecule has 1 aliphatic rings. The van der Waals surface area contributed by atoms with Crippen molar-refractivity contribution in [2.45, 2.75) is 38.8 Å². The SMILES string of the molecule is CC(C)NC(=S)N[C@@]1(C)CC[S+](=O)(O)C1. The first-order valence-corrected chi connectivity index (χ1v) is 7.29. The van der Waals surface area contributed by atoms with Crippen molar-refractivity contribution in [2.75, 3.05) is 11.5 Å². The smallest absolute Gasteiger partial charge is 0.216 e. The van der Waals surface area contributed by atoms with E-state index in [9.17, 15) is 8.76 Å². The van der Waals surface area contributed by atoms with E-state index in [1.165, 1.54) is 0 Å². The van der Waals surface area contributed by atoms with Crippen molar-refractivity contribution in [3.63, 3.8) is 0 Å². The Morgan fingerprint density at radius 1 is 1.60 bits per heavy atom. The van der Waals surface area contributed by atoms with E-state index in [1.807, 2.05) is 20.8 Å². The van der Waals surface area contributed by atoms with Crippen LogP contribution < -0.4 is 10.6 Å². The third-order valence-corrected chi connectivity index (χ3v) is 4.50. The van der Waals surface area contributed by atoms with Crippen molar-refractivity contribution in [1.29, 1.82) is 0 Å². The van der Waals surface area contributed by atoms with Crippen molar-refractivity contribution >= 4 is 27.5 Å². The highest BCUT2D eigenvalue weighted by Crippen LogP contribution is 2.26. The van der Waals surface area contributed by atoms with Crippen LogP contribution in [0.15, 0.2) is 0 Å². The van der Waals surface area contributed by atoms with Crippen LogP contribution in [0.5, 0.6) is 0 Å². The molecule has 0 spiro atoms. The maximum Gasteiger partial charge on any atom is 0.216 e. The van der Waals surface area contributed by atoms with E-state index in [2.05, 4.69) is 10.6 Å². The molecule has 1 unspecified atom stereocenters. The van der Waals surface area contributed by atoms with Gasteiger partial charge in [-0.2, -0.15) is 4.55 Å². The highest BCUT2D eigenvalue weighted by molar-refractivity contribution is 7.98. The Morgan fingerprint density at radius 3 is 2.60 bits per heavy atom. The third-order valence-electron chi connectivity index (χ3n) is 2.35. The van der Waals surface area contributed by atoms with Crippen LogP contribution in [-0.2, 0) is 14.4 Å². The van der Waals surface area contributed by atoms with Crippen molar-refractivity contribution < 1.29 is 8.76 Å². The second kappa shape index (κ2) is 4.35. The first-order valence-electron chi connectivity index (χ1n) is 5.03. The van der Waals surface area contributed by atoms with Gasteiger partial charge in [-0.25, -0.2) is 0 Å². The fourth-order valence-corrected chi connectivity index (χ4v) is 4.31. The molecule has 0 aromatic heterocycles. The molecule has 1 aliphatic heterocycles. The van der Waals surface area contributed by atoms with Crippen LogP contribution in [0, 0.1) is 0 Å². The summed E-state index contributed by atoms with van der Waals surface area (Å²) in [4.78, 5) is 0. The number of thiocarbonyl (C=S) groups is 1. The Labute approximate surface area is 97.5 Å². The van der Waals surface area contributed by atoms with Crippen LogP contribution in [0.2, 0.25) is 0 Å². The van der Waals surface area contributed by atoms with E-state index in [4.69, 9.17) is 12.2 Å². The van der Waals surface area contributed by atoms with E-state index >= 15 is 0 Å². The van der Waals surface area contributed by atoms with Gasteiger partial charge in [0.1, 0.15) is 5.75 Å². The Morgan fingerprint density at radius 2 is 2.20 bits per heavy atom. The molecule has 3 N–H and O–H groups in total. The summed E-state index contributed by atoms with van der Waals surface area (Å²) in [5, 5.41) is 6.75. The molecule has 0 aromatic carbocycles. The normalized spacial score (nSPS) is 35.5. The lowest BCUT2D eigenvalue weighted by Gasteiger charge is -2.24. The summed E-state index contributed by atoms with van der Waals surface area (Å²) in [6, 6.07) is 0.272. The highest BCUT2D eigenvalue weighted by atomic mass is 32.3.